The topological polar surface area (TPSA) is 23.5 Å². The van der Waals surface area contributed by atoms with Crippen LogP contribution in [0.25, 0.3) is 0 Å². The summed E-state index contributed by atoms with van der Waals surface area (Å²) in [5.74, 6) is 0.826. The van der Waals surface area contributed by atoms with Gasteiger partial charge in [0.25, 0.3) is 0 Å². The van der Waals surface area contributed by atoms with Crippen molar-refractivity contribution in [3.63, 3.8) is 0 Å². The predicted molar refractivity (Wildman–Crippen MR) is 75.6 cm³/mol. The maximum Gasteiger partial charge on any atom is 0.0917 e. The van der Waals surface area contributed by atoms with Gasteiger partial charge < -0.3 is 5.11 Å². The Bertz CT molecular complexity index is 390. The molecule has 0 radical (unpaired) electrons. The molecule has 1 aromatic rings. The monoisotopic (exact) mass is 247 g/mol. The van der Waals surface area contributed by atoms with Crippen molar-refractivity contribution in [2.75, 3.05) is 13.1 Å². The van der Waals surface area contributed by atoms with Crippen molar-refractivity contribution in [3.05, 3.63) is 35.4 Å². The second-order valence-corrected chi connectivity index (χ2v) is 5.90. The highest BCUT2D eigenvalue weighted by Crippen LogP contribution is 2.25. The Balaban J connectivity index is 1.97. The molecule has 1 aliphatic heterocycles. The molecule has 3 atom stereocenters. The second kappa shape index (κ2) is 5.85. The van der Waals surface area contributed by atoms with Crippen molar-refractivity contribution in [3.8, 4) is 0 Å². The van der Waals surface area contributed by atoms with Crippen molar-refractivity contribution in [2.24, 2.45) is 5.92 Å². The maximum absolute atomic E-state index is 10.3. The molecule has 100 valence electrons. The largest absolute Gasteiger partial charge is 0.387 e. The van der Waals surface area contributed by atoms with Crippen LogP contribution in [0.3, 0.4) is 0 Å². The summed E-state index contributed by atoms with van der Waals surface area (Å²) < 4.78 is 0. The Morgan fingerprint density at radius 1 is 1.39 bits per heavy atom. The first-order valence-corrected chi connectivity index (χ1v) is 7.05. The second-order valence-electron chi connectivity index (χ2n) is 5.90. The van der Waals surface area contributed by atoms with Gasteiger partial charge in [-0.1, -0.05) is 36.8 Å². The van der Waals surface area contributed by atoms with Crippen LogP contribution in [-0.2, 0) is 0 Å². The molecule has 3 unspecified atom stereocenters. The summed E-state index contributed by atoms with van der Waals surface area (Å²) in [4.78, 5) is 2.42. The van der Waals surface area contributed by atoms with E-state index >= 15 is 0 Å². The van der Waals surface area contributed by atoms with Gasteiger partial charge in [0, 0.05) is 12.6 Å². The number of likely N-dealkylation sites (tertiary alicyclic amines) is 1. The highest BCUT2D eigenvalue weighted by atomic mass is 16.3. The van der Waals surface area contributed by atoms with Gasteiger partial charge >= 0.3 is 0 Å². The lowest BCUT2D eigenvalue weighted by atomic mass is 9.93. The van der Waals surface area contributed by atoms with Crippen LogP contribution in [0.4, 0.5) is 0 Å². The van der Waals surface area contributed by atoms with E-state index in [4.69, 9.17) is 0 Å². The van der Waals surface area contributed by atoms with Crippen molar-refractivity contribution in [1.29, 1.82) is 0 Å². The number of benzene rings is 1. The van der Waals surface area contributed by atoms with Crippen LogP contribution in [0.5, 0.6) is 0 Å². The van der Waals surface area contributed by atoms with E-state index in [2.05, 4.69) is 37.8 Å². The van der Waals surface area contributed by atoms with Gasteiger partial charge in [0.05, 0.1) is 6.10 Å². The summed E-state index contributed by atoms with van der Waals surface area (Å²) in [6.07, 6.45) is 2.14. The van der Waals surface area contributed by atoms with E-state index in [0.29, 0.717) is 6.04 Å². The SMILES string of the molecule is Cc1cccc(C(O)CN2CCC(C)CC2C)c1. The third-order valence-electron chi connectivity index (χ3n) is 4.11. The molecule has 0 bridgehead atoms. The number of aliphatic hydroxyl groups is 1. The highest BCUT2D eigenvalue weighted by Gasteiger charge is 2.24. The average molecular weight is 247 g/mol. The highest BCUT2D eigenvalue weighted by molar-refractivity contribution is 5.24. The molecule has 0 saturated carbocycles. The lowest BCUT2D eigenvalue weighted by molar-refractivity contribution is 0.0601. The third kappa shape index (κ3) is 3.33. The van der Waals surface area contributed by atoms with Crippen LogP contribution in [0, 0.1) is 12.8 Å². The normalized spacial score (nSPS) is 27.1. The summed E-state index contributed by atoms with van der Waals surface area (Å²) >= 11 is 0. The first-order valence-electron chi connectivity index (χ1n) is 7.05. The van der Waals surface area contributed by atoms with E-state index in [9.17, 15) is 5.11 Å². The molecule has 1 aromatic carbocycles. The van der Waals surface area contributed by atoms with Gasteiger partial charge in [-0.3, -0.25) is 4.90 Å². The van der Waals surface area contributed by atoms with E-state index in [0.717, 1.165) is 24.6 Å². The average Bonchev–Trinajstić information content (AvgIpc) is 2.32. The number of hydrogen-bond donors (Lipinski definition) is 1. The summed E-state index contributed by atoms with van der Waals surface area (Å²) in [6.45, 7) is 8.55. The minimum atomic E-state index is -0.360. The number of aliphatic hydroxyl groups excluding tert-OH is 1. The molecule has 2 nitrogen and oxygen atoms in total. The van der Waals surface area contributed by atoms with Crippen molar-refractivity contribution < 1.29 is 5.11 Å². The fourth-order valence-electron chi connectivity index (χ4n) is 2.93. The van der Waals surface area contributed by atoms with Crippen LogP contribution in [0.15, 0.2) is 24.3 Å². The molecule has 0 spiro atoms. The number of hydrogen-bond acceptors (Lipinski definition) is 2. The Morgan fingerprint density at radius 3 is 2.83 bits per heavy atom. The fraction of sp³-hybridized carbons (Fsp3) is 0.625. The molecule has 0 aromatic heterocycles. The van der Waals surface area contributed by atoms with Crippen LogP contribution in [0.1, 0.15) is 43.9 Å². The molecular formula is C16H25NO. The van der Waals surface area contributed by atoms with Crippen molar-refractivity contribution in [1.82, 2.24) is 4.90 Å². The van der Waals surface area contributed by atoms with Crippen LogP contribution in [0.2, 0.25) is 0 Å². The molecule has 1 saturated heterocycles. The maximum atomic E-state index is 10.3. The van der Waals surface area contributed by atoms with E-state index in [1.54, 1.807) is 0 Å². The number of piperidine rings is 1. The van der Waals surface area contributed by atoms with Gasteiger partial charge in [0.15, 0.2) is 0 Å². The van der Waals surface area contributed by atoms with E-state index in [-0.39, 0.29) is 6.10 Å². The standard InChI is InChI=1S/C16H25NO/c1-12-5-4-6-15(10-12)16(18)11-17-8-7-13(2)9-14(17)3/h4-6,10,13-14,16,18H,7-9,11H2,1-3H3. The summed E-state index contributed by atoms with van der Waals surface area (Å²) in [5.41, 5.74) is 2.26. The quantitative estimate of drug-likeness (QED) is 0.887. The lowest BCUT2D eigenvalue weighted by Crippen LogP contribution is -2.42. The lowest BCUT2D eigenvalue weighted by Gasteiger charge is -2.37. The Kier molecular flexibility index (Phi) is 4.41. The minimum absolute atomic E-state index is 0.360. The molecule has 2 rings (SSSR count). The van der Waals surface area contributed by atoms with Crippen molar-refractivity contribution in [2.45, 2.75) is 45.8 Å². The smallest absolute Gasteiger partial charge is 0.0917 e. The van der Waals surface area contributed by atoms with Gasteiger partial charge in [0.1, 0.15) is 0 Å². The van der Waals surface area contributed by atoms with Crippen LogP contribution in [-0.4, -0.2) is 29.1 Å². The Labute approximate surface area is 111 Å². The van der Waals surface area contributed by atoms with Gasteiger partial charge in [-0.05, 0) is 44.7 Å². The molecule has 1 N–H and O–H groups in total. The molecule has 2 heteroatoms. The molecule has 0 aliphatic carbocycles. The van der Waals surface area contributed by atoms with Gasteiger partial charge in [-0.15, -0.1) is 0 Å². The Morgan fingerprint density at radius 2 is 2.17 bits per heavy atom. The van der Waals surface area contributed by atoms with Gasteiger partial charge in [0.2, 0.25) is 0 Å². The number of aryl methyl sites for hydroxylation is 1. The van der Waals surface area contributed by atoms with E-state index < -0.39 is 0 Å². The molecule has 1 aliphatic rings. The van der Waals surface area contributed by atoms with E-state index in [1.165, 1.54) is 18.4 Å². The first kappa shape index (κ1) is 13.6. The predicted octanol–water partition coefficient (Wildman–Crippen LogP) is 3.15. The molecule has 0 amide bonds. The van der Waals surface area contributed by atoms with Crippen LogP contribution < -0.4 is 0 Å². The fourth-order valence-corrected chi connectivity index (χ4v) is 2.93. The van der Waals surface area contributed by atoms with E-state index in [1.807, 2.05) is 12.1 Å². The first-order chi connectivity index (χ1) is 8.56. The van der Waals surface area contributed by atoms with Gasteiger partial charge in [-0.25, -0.2) is 0 Å². The minimum Gasteiger partial charge on any atom is -0.387 e. The zero-order valence-corrected chi connectivity index (χ0v) is 11.8. The van der Waals surface area contributed by atoms with Gasteiger partial charge in [-0.2, -0.15) is 0 Å². The molecule has 1 heterocycles. The third-order valence-corrected chi connectivity index (χ3v) is 4.11. The molecular weight excluding hydrogens is 222 g/mol. The van der Waals surface area contributed by atoms with Crippen molar-refractivity contribution >= 4 is 0 Å². The zero-order chi connectivity index (χ0) is 13.1. The summed E-state index contributed by atoms with van der Waals surface area (Å²) in [6, 6.07) is 8.79. The number of rotatable bonds is 3. The molecule has 1 fully saturated rings. The number of β-amino-alcohol motifs (C(OH)–C–C–N with tert-alkyl or cyclic N) is 1. The molecule has 18 heavy (non-hydrogen) atoms. The Hall–Kier alpha value is -0.860. The summed E-state index contributed by atoms with van der Waals surface area (Å²) in [5, 5.41) is 10.3. The zero-order valence-electron chi connectivity index (χ0n) is 11.8. The van der Waals surface area contributed by atoms with Crippen LogP contribution >= 0.6 is 0 Å². The summed E-state index contributed by atoms with van der Waals surface area (Å²) in [7, 11) is 0. The number of nitrogens with zero attached hydrogens (tertiary/aromatic N) is 1.